The van der Waals surface area contributed by atoms with E-state index < -0.39 is 0 Å². The summed E-state index contributed by atoms with van der Waals surface area (Å²) in [6.45, 7) is 3.76. The van der Waals surface area contributed by atoms with Gasteiger partial charge in [0.15, 0.2) is 11.5 Å². The highest BCUT2D eigenvalue weighted by atomic mass is 16.5. The smallest absolute Gasteiger partial charge is 0.254 e. The van der Waals surface area contributed by atoms with E-state index in [1.807, 2.05) is 29.2 Å². The second-order valence-corrected chi connectivity index (χ2v) is 6.84. The molecule has 0 unspecified atom stereocenters. The summed E-state index contributed by atoms with van der Waals surface area (Å²) < 4.78 is 10.6. The van der Waals surface area contributed by atoms with E-state index in [4.69, 9.17) is 9.47 Å². The summed E-state index contributed by atoms with van der Waals surface area (Å²) >= 11 is 0. The first-order valence-electron chi connectivity index (χ1n) is 9.35. The van der Waals surface area contributed by atoms with Crippen LogP contribution in [0.15, 0.2) is 42.5 Å². The number of para-hydroxylation sites is 2. The molecule has 0 atom stereocenters. The molecule has 7 nitrogen and oxygen atoms in total. The van der Waals surface area contributed by atoms with Crippen molar-refractivity contribution in [3.63, 3.8) is 0 Å². The van der Waals surface area contributed by atoms with E-state index in [-0.39, 0.29) is 5.91 Å². The van der Waals surface area contributed by atoms with E-state index in [9.17, 15) is 4.79 Å². The van der Waals surface area contributed by atoms with Crippen LogP contribution in [0.5, 0.6) is 11.5 Å². The number of benzene rings is 2. The normalized spacial score (nSPS) is 15.0. The Morgan fingerprint density at radius 2 is 1.79 bits per heavy atom. The number of methoxy groups -OCH3 is 2. The molecule has 1 saturated heterocycles. The molecular weight excluding hydrogens is 356 g/mol. The second-order valence-electron chi connectivity index (χ2n) is 6.84. The molecule has 146 valence electrons. The number of H-pyrrole nitrogens is 1. The highest BCUT2D eigenvalue weighted by Gasteiger charge is 2.23. The van der Waals surface area contributed by atoms with Crippen molar-refractivity contribution in [1.29, 1.82) is 0 Å². The maximum atomic E-state index is 12.8. The van der Waals surface area contributed by atoms with Crippen LogP contribution in [0, 0.1) is 0 Å². The Balaban J connectivity index is 1.37. The lowest BCUT2D eigenvalue weighted by Crippen LogP contribution is -2.48. The van der Waals surface area contributed by atoms with Crippen molar-refractivity contribution in [2.45, 2.75) is 6.54 Å². The first-order chi connectivity index (χ1) is 13.7. The molecule has 0 bridgehead atoms. The van der Waals surface area contributed by atoms with Crippen molar-refractivity contribution in [3.05, 3.63) is 53.9 Å². The average Bonchev–Trinajstić information content (AvgIpc) is 3.15. The van der Waals surface area contributed by atoms with Crippen molar-refractivity contribution >= 4 is 16.9 Å². The van der Waals surface area contributed by atoms with Crippen molar-refractivity contribution in [2.75, 3.05) is 40.4 Å². The van der Waals surface area contributed by atoms with Gasteiger partial charge in [-0.3, -0.25) is 9.69 Å². The highest BCUT2D eigenvalue weighted by molar-refractivity contribution is 5.95. The summed E-state index contributed by atoms with van der Waals surface area (Å²) in [5.41, 5.74) is 2.66. The summed E-state index contributed by atoms with van der Waals surface area (Å²) in [6, 6.07) is 13.3. The fourth-order valence-corrected chi connectivity index (χ4v) is 3.55. The van der Waals surface area contributed by atoms with Gasteiger partial charge in [0.05, 0.1) is 31.8 Å². The van der Waals surface area contributed by atoms with E-state index in [2.05, 4.69) is 14.9 Å². The van der Waals surface area contributed by atoms with Crippen molar-refractivity contribution in [1.82, 2.24) is 19.8 Å². The van der Waals surface area contributed by atoms with Gasteiger partial charge in [0.2, 0.25) is 0 Å². The summed E-state index contributed by atoms with van der Waals surface area (Å²) in [5, 5.41) is 0. The Kier molecular flexibility index (Phi) is 5.16. The Bertz CT molecular complexity index is 944. The third-order valence-corrected chi connectivity index (χ3v) is 5.10. The van der Waals surface area contributed by atoms with E-state index in [1.54, 1.807) is 32.4 Å². The monoisotopic (exact) mass is 380 g/mol. The van der Waals surface area contributed by atoms with Crippen molar-refractivity contribution < 1.29 is 14.3 Å². The minimum Gasteiger partial charge on any atom is -0.493 e. The van der Waals surface area contributed by atoms with Gasteiger partial charge in [0, 0.05) is 31.7 Å². The van der Waals surface area contributed by atoms with E-state index >= 15 is 0 Å². The number of nitrogens with one attached hydrogen (secondary N) is 1. The van der Waals surface area contributed by atoms with Gasteiger partial charge >= 0.3 is 0 Å². The molecule has 7 heteroatoms. The van der Waals surface area contributed by atoms with Gasteiger partial charge in [-0.15, -0.1) is 0 Å². The number of hydrogen-bond acceptors (Lipinski definition) is 5. The molecule has 1 aliphatic heterocycles. The zero-order valence-electron chi connectivity index (χ0n) is 16.1. The largest absolute Gasteiger partial charge is 0.493 e. The third-order valence-electron chi connectivity index (χ3n) is 5.10. The van der Waals surface area contributed by atoms with Gasteiger partial charge in [-0.25, -0.2) is 4.98 Å². The molecule has 3 aromatic rings. The number of carbonyl (C=O) groups is 1. The summed E-state index contributed by atoms with van der Waals surface area (Å²) in [7, 11) is 3.16. The number of ether oxygens (including phenoxy) is 2. The fourth-order valence-electron chi connectivity index (χ4n) is 3.55. The summed E-state index contributed by atoms with van der Waals surface area (Å²) in [4.78, 5) is 25.1. The third kappa shape index (κ3) is 3.66. The number of piperazine rings is 1. The SMILES string of the molecule is COc1ccc(C(=O)N2CCN(Cc3nc4ccccc4[nH]3)CC2)cc1OC. The van der Waals surface area contributed by atoms with Crippen LogP contribution in [0.1, 0.15) is 16.2 Å². The van der Waals surface area contributed by atoms with Crippen LogP contribution in [-0.2, 0) is 6.54 Å². The standard InChI is InChI=1S/C21H24N4O3/c1-27-18-8-7-15(13-19(18)28-2)21(26)25-11-9-24(10-12-25)14-20-22-16-5-3-4-6-17(16)23-20/h3-8,13H,9-12,14H2,1-2H3,(H,22,23). The Morgan fingerprint density at radius 1 is 1.04 bits per heavy atom. The van der Waals surface area contributed by atoms with Crippen molar-refractivity contribution in [3.8, 4) is 11.5 Å². The maximum absolute atomic E-state index is 12.8. The zero-order chi connectivity index (χ0) is 19.5. The molecule has 1 aromatic heterocycles. The maximum Gasteiger partial charge on any atom is 0.254 e. The number of rotatable bonds is 5. The number of nitrogens with zero attached hydrogens (tertiary/aromatic N) is 3. The van der Waals surface area contributed by atoms with Crippen LogP contribution in [-0.4, -0.2) is 66.1 Å². The minimum absolute atomic E-state index is 0.0179. The molecule has 0 saturated carbocycles. The lowest BCUT2D eigenvalue weighted by Gasteiger charge is -2.34. The second kappa shape index (κ2) is 7.90. The Hall–Kier alpha value is -3.06. The molecule has 4 rings (SSSR count). The van der Waals surface area contributed by atoms with Crippen LogP contribution < -0.4 is 9.47 Å². The van der Waals surface area contributed by atoms with Crippen molar-refractivity contribution in [2.24, 2.45) is 0 Å². The number of fused-ring (bicyclic) bond motifs is 1. The Morgan fingerprint density at radius 3 is 2.50 bits per heavy atom. The van der Waals surface area contributed by atoms with Gasteiger partial charge < -0.3 is 19.4 Å². The van der Waals surface area contributed by atoms with Crippen LogP contribution in [0.2, 0.25) is 0 Å². The van der Waals surface area contributed by atoms with Gasteiger partial charge in [-0.1, -0.05) is 12.1 Å². The molecule has 2 heterocycles. The lowest BCUT2D eigenvalue weighted by molar-refractivity contribution is 0.0625. The van der Waals surface area contributed by atoms with Gasteiger partial charge in [0.25, 0.3) is 5.91 Å². The molecule has 28 heavy (non-hydrogen) atoms. The van der Waals surface area contributed by atoms with Gasteiger partial charge in [-0.2, -0.15) is 0 Å². The van der Waals surface area contributed by atoms with Crippen LogP contribution >= 0.6 is 0 Å². The highest BCUT2D eigenvalue weighted by Crippen LogP contribution is 2.28. The number of aromatic amines is 1. The molecule has 2 aromatic carbocycles. The van der Waals surface area contributed by atoms with E-state index in [0.29, 0.717) is 30.2 Å². The predicted octanol–water partition coefficient (Wildman–Crippen LogP) is 2.54. The molecule has 1 fully saturated rings. The topological polar surface area (TPSA) is 70.7 Å². The molecule has 0 radical (unpaired) electrons. The molecule has 0 spiro atoms. The Labute approximate surface area is 163 Å². The fraction of sp³-hybridized carbons (Fsp3) is 0.333. The van der Waals surface area contributed by atoms with Crippen LogP contribution in [0.3, 0.4) is 0 Å². The molecule has 1 N–H and O–H groups in total. The number of amides is 1. The lowest BCUT2D eigenvalue weighted by atomic mass is 10.1. The minimum atomic E-state index is 0.0179. The summed E-state index contributed by atoms with van der Waals surface area (Å²) in [6.07, 6.45) is 0. The van der Waals surface area contributed by atoms with Gasteiger partial charge in [-0.05, 0) is 30.3 Å². The number of imidazole rings is 1. The molecular formula is C21H24N4O3. The van der Waals surface area contributed by atoms with E-state index in [0.717, 1.165) is 36.5 Å². The average molecular weight is 380 g/mol. The van der Waals surface area contributed by atoms with Crippen LogP contribution in [0.25, 0.3) is 11.0 Å². The van der Waals surface area contributed by atoms with Gasteiger partial charge in [0.1, 0.15) is 5.82 Å². The number of aromatic nitrogens is 2. The molecule has 1 amide bonds. The predicted molar refractivity (Wildman–Crippen MR) is 107 cm³/mol. The molecule has 0 aliphatic carbocycles. The zero-order valence-corrected chi connectivity index (χ0v) is 16.1. The summed E-state index contributed by atoms with van der Waals surface area (Å²) in [5.74, 6) is 2.16. The first-order valence-corrected chi connectivity index (χ1v) is 9.35. The first kappa shape index (κ1) is 18.3. The number of carbonyl (C=O) groups excluding carboxylic acids is 1. The molecule has 1 aliphatic rings. The van der Waals surface area contributed by atoms with Crippen LogP contribution in [0.4, 0.5) is 0 Å². The quantitative estimate of drug-likeness (QED) is 0.737. The number of hydrogen-bond donors (Lipinski definition) is 1. The van der Waals surface area contributed by atoms with E-state index in [1.165, 1.54) is 0 Å².